The quantitative estimate of drug-likeness (QED) is 0.352. The monoisotopic (exact) mass is 134 g/mol. The van der Waals surface area contributed by atoms with E-state index in [9.17, 15) is 9.59 Å². The van der Waals surface area contributed by atoms with Crippen LogP contribution >= 0.6 is 11.9 Å². The Morgan fingerprint density at radius 1 is 1.62 bits per heavy atom. The number of amides is 2. The highest BCUT2D eigenvalue weighted by molar-refractivity contribution is 7.97. The van der Waals surface area contributed by atoms with Crippen molar-refractivity contribution in [3.63, 3.8) is 0 Å². The molecule has 8 heavy (non-hydrogen) atoms. The molecule has 0 saturated carbocycles. The zero-order valence-corrected chi connectivity index (χ0v) is 5.12. The summed E-state index contributed by atoms with van der Waals surface area (Å²) < 4.78 is 2.15. The first-order chi connectivity index (χ1) is 3.68. The Morgan fingerprint density at radius 3 is 2.25 bits per heavy atom. The van der Waals surface area contributed by atoms with E-state index in [0.717, 1.165) is 11.9 Å². The first-order valence-corrected chi connectivity index (χ1v) is 3.03. The molecule has 0 saturated heterocycles. The van der Waals surface area contributed by atoms with Gasteiger partial charge in [0.25, 0.3) is 0 Å². The van der Waals surface area contributed by atoms with Crippen molar-refractivity contribution in [1.29, 1.82) is 0 Å². The molecule has 0 spiro atoms. The maximum Gasteiger partial charge on any atom is 0.318 e. The second-order valence-electron chi connectivity index (χ2n) is 1.000. The summed E-state index contributed by atoms with van der Waals surface area (Å²) in [4.78, 5) is 20.0. The van der Waals surface area contributed by atoms with Crippen LogP contribution in [0.1, 0.15) is 0 Å². The van der Waals surface area contributed by atoms with E-state index in [1.54, 1.807) is 6.26 Å². The van der Waals surface area contributed by atoms with Crippen LogP contribution in [-0.2, 0) is 9.59 Å². The summed E-state index contributed by atoms with van der Waals surface area (Å²) in [7, 11) is 0. The van der Waals surface area contributed by atoms with Crippen molar-refractivity contribution in [1.82, 2.24) is 4.72 Å². The third-order valence-corrected chi connectivity index (χ3v) is 0.808. The fourth-order valence-electron chi connectivity index (χ4n) is 0.143. The van der Waals surface area contributed by atoms with Crippen LogP contribution in [0.3, 0.4) is 0 Å². The molecule has 0 bridgehead atoms. The molecule has 0 aliphatic rings. The molecular weight excluding hydrogens is 128 g/mol. The average molecular weight is 134 g/mol. The topological polar surface area (TPSA) is 72.2 Å². The molecule has 0 aliphatic heterocycles. The van der Waals surface area contributed by atoms with E-state index < -0.39 is 11.8 Å². The average Bonchev–Trinajstić information content (AvgIpc) is 1.67. The summed E-state index contributed by atoms with van der Waals surface area (Å²) in [6.07, 6.45) is 1.63. The Kier molecular flexibility index (Phi) is 3.02. The van der Waals surface area contributed by atoms with Crippen molar-refractivity contribution in [3.05, 3.63) is 0 Å². The minimum atomic E-state index is -0.959. The lowest BCUT2D eigenvalue weighted by Gasteiger charge is -1.91. The number of carbonyl (C=O) groups is 2. The van der Waals surface area contributed by atoms with Gasteiger partial charge in [0, 0.05) is 6.26 Å². The van der Waals surface area contributed by atoms with Crippen LogP contribution in [-0.4, -0.2) is 18.1 Å². The highest BCUT2D eigenvalue weighted by Gasteiger charge is 2.04. The van der Waals surface area contributed by atoms with Crippen molar-refractivity contribution in [3.8, 4) is 0 Å². The lowest BCUT2D eigenvalue weighted by atomic mass is 10.6. The van der Waals surface area contributed by atoms with Crippen LogP contribution in [0, 0.1) is 0 Å². The zero-order valence-electron chi connectivity index (χ0n) is 4.30. The number of carbonyl (C=O) groups excluding carboxylic acids is 2. The summed E-state index contributed by atoms with van der Waals surface area (Å²) in [5.74, 6) is -1.73. The molecule has 0 aromatic carbocycles. The summed E-state index contributed by atoms with van der Waals surface area (Å²) in [5, 5.41) is 0. The molecule has 0 aliphatic carbocycles. The van der Waals surface area contributed by atoms with Gasteiger partial charge in [-0.1, -0.05) is 11.9 Å². The Hall–Kier alpha value is -0.710. The van der Waals surface area contributed by atoms with E-state index in [0.29, 0.717) is 0 Å². The minimum absolute atomic E-state index is 0.766. The van der Waals surface area contributed by atoms with Gasteiger partial charge in [0.05, 0.1) is 0 Å². The first kappa shape index (κ1) is 7.29. The molecule has 0 fully saturated rings. The van der Waals surface area contributed by atoms with Gasteiger partial charge in [0.15, 0.2) is 0 Å². The molecule has 2 amide bonds. The Morgan fingerprint density at radius 2 is 2.12 bits per heavy atom. The Labute approximate surface area is 50.9 Å². The summed E-state index contributed by atoms with van der Waals surface area (Å²) >= 11 is 1.04. The molecule has 5 heteroatoms. The van der Waals surface area contributed by atoms with Crippen molar-refractivity contribution in [2.45, 2.75) is 0 Å². The second kappa shape index (κ2) is 3.31. The van der Waals surface area contributed by atoms with Crippen molar-refractivity contribution < 1.29 is 9.59 Å². The van der Waals surface area contributed by atoms with Crippen LogP contribution in [0.15, 0.2) is 0 Å². The number of nitrogens with two attached hydrogens (primary N) is 1. The first-order valence-electron chi connectivity index (χ1n) is 1.81. The number of rotatable bonds is 1. The molecular formula is C3H6N2O2S. The summed E-state index contributed by atoms with van der Waals surface area (Å²) in [5.41, 5.74) is 4.56. The summed E-state index contributed by atoms with van der Waals surface area (Å²) in [6, 6.07) is 0. The number of nitrogens with one attached hydrogen (secondary N) is 1. The van der Waals surface area contributed by atoms with Gasteiger partial charge in [-0.2, -0.15) is 0 Å². The van der Waals surface area contributed by atoms with Gasteiger partial charge in [0.1, 0.15) is 0 Å². The minimum Gasteiger partial charge on any atom is -0.361 e. The van der Waals surface area contributed by atoms with Gasteiger partial charge in [0.2, 0.25) is 0 Å². The summed E-state index contributed by atoms with van der Waals surface area (Å²) in [6.45, 7) is 0. The zero-order chi connectivity index (χ0) is 6.57. The van der Waals surface area contributed by atoms with Gasteiger partial charge < -0.3 is 5.73 Å². The van der Waals surface area contributed by atoms with E-state index in [1.807, 2.05) is 0 Å². The van der Waals surface area contributed by atoms with Crippen LogP contribution in [0.4, 0.5) is 0 Å². The van der Waals surface area contributed by atoms with Gasteiger partial charge in [-0.25, -0.2) is 0 Å². The van der Waals surface area contributed by atoms with E-state index in [1.165, 1.54) is 0 Å². The van der Waals surface area contributed by atoms with E-state index in [4.69, 9.17) is 0 Å². The fourth-order valence-corrected chi connectivity index (χ4v) is 0.429. The molecule has 4 nitrogen and oxygen atoms in total. The molecule has 0 aromatic heterocycles. The SMILES string of the molecule is CSNC(=O)C(N)=O. The van der Waals surface area contributed by atoms with Gasteiger partial charge in [-0.05, 0) is 0 Å². The third-order valence-electron chi connectivity index (χ3n) is 0.419. The standard InChI is InChI=1S/C3H6N2O2S/c1-8-5-3(7)2(4)6/h1H3,(H2,4,6)(H,5,7). The van der Waals surface area contributed by atoms with Gasteiger partial charge in [-0.15, -0.1) is 0 Å². The number of primary amides is 1. The Balaban J connectivity index is 3.49. The highest BCUT2D eigenvalue weighted by atomic mass is 32.2. The van der Waals surface area contributed by atoms with Crippen LogP contribution in [0.25, 0.3) is 0 Å². The maximum atomic E-state index is 10.1. The fraction of sp³-hybridized carbons (Fsp3) is 0.333. The molecule has 0 aromatic rings. The maximum absolute atomic E-state index is 10.1. The largest absolute Gasteiger partial charge is 0.361 e. The predicted molar refractivity (Wildman–Crippen MR) is 30.9 cm³/mol. The molecule has 0 radical (unpaired) electrons. The van der Waals surface area contributed by atoms with Crippen LogP contribution < -0.4 is 10.5 Å². The van der Waals surface area contributed by atoms with E-state index >= 15 is 0 Å². The van der Waals surface area contributed by atoms with Crippen LogP contribution in [0.2, 0.25) is 0 Å². The lowest BCUT2D eigenvalue weighted by molar-refractivity contribution is -0.136. The number of hydrogen-bond acceptors (Lipinski definition) is 3. The molecule has 0 atom stereocenters. The highest BCUT2D eigenvalue weighted by Crippen LogP contribution is 1.78. The van der Waals surface area contributed by atoms with Crippen LogP contribution in [0.5, 0.6) is 0 Å². The van der Waals surface area contributed by atoms with Crippen molar-refractivity contribution in [2.75, 3.05) is 6.26 Å². The van der Waals surface area contributed by atoms with Gasteiger partial charge >= 0.3 is 11.8 Å². The second-order valence-corrected chi connectivity index (χ2v) is 1.61. The smallest absolute Gasteiger partial charge is 0.318 e. The van der Waals surface area contributed by atoms with Gasteiger partial charge in [-0.3, -0.25) is 14.3 Å². The molecule has 3 N–H and O–H groups in total. The van der Waals surface area contributed by atoms with Crippen molar-refractivity contribution >= 4 is 23.8 Å². The van der Waals surface area contributed by atoms with E-state index in [2.05, 4.69) is 10.5 Å². The molecule has 0 rings (SSSR count). The lowest BCUT2D eigenvalue weighted by Crippen LogP contribution is -2.31. The molecule has 0 heterocycles. The van der Waals surface area contributed by atoms with E-state index in [-0.39, 0.29) is 0 Å². The Bertz CT molecular complexity index is 114. The third kappa shape index (κ3) is 2.46. The number of hydrogen-bond donors (Lipinski definition) is 2. The molecule has 0 unspecified atom stereocenters. The predicted octanol–water partition coefficient (Wildman–Crippen LogP) is -1.13. The normalized spacial score (nSPS) is 8.12. The van der Waals surface area contributed by atoms with Crippen molar-refractivity contribution in [2.24, 2.45) is 5.73 Å². The molecule has 46 valence electrons.